The van der Waals surface area contributed by atoms with E-state index >= 15 is 0 Å². The Labute approximate surface area is 205 Å². The number of H-pyrrole nitrogens is 1. The second-order valence-electron chi connectivity index (χ2n) is 7.18. The van der Waals surface area contributed by atoms with E-state index in [0.717, 1.165) is 11.3 Å². The number of hydrogen-bond donors (Lipinski definition) is 3. The van der Waals surface area contributed by atoms with Gasteiger partial charge in [0.15, 0.2) is 16.6 Å². The van der Waals surface area contributed by atoms with Gasteiger partial charge < -0.3 is 23.9 Å². The third kappa shape index (κ3) is 4.42. The van der Waals surface area contributed by atoms with Crippen LogP contribution in [0.2, 0.25) is 0 Å². The van der Waals surface area contributed by atoms with Crippen molar-refractivity contribution in [3.63, 3.8) is 0 Å². The average Bonchev–Trinajstić information content (AvgIpc) is 3.51. The summed E-state index contributed by atoms with van der Waals surface area (Å²) in [5, 5.41) is 3.75. The first-order valence-corrected chi connectivity index (χ1v) is 12.2. The van der Waals surface area contributed by atoms with Gasteiger partial charge in [-0.2, -0.15) is 0 Å². The van der Waals surface area contributed by atoms with Crippen LogP contribution in [-0.2, 0) is 10.0 Å². The van der Waals surface area contributed by atoms with Gasteiger partial charge in [0.25, 0.3) is 15.9 Å². The molecule has 188 valence electrons. The lowest BCUT2D eigenvalue weighted by atomic mass is 10.3. The number of thiazole rings is 1. The van der Waals surface area contributed by atoms with Gasteiger partial charge in [0, 0.05) is 23.6 Å². The van der Waals surface area contributed by atoms with E-state index in [4.69, 9.17) is 9.47 Å². The molecular weight excluding hydrogens is 524 g/mol. The van der Waals surface area contributed by atoms with Crippen LogP contribution in [0.15, 0.2) is 40.6 Å². The third-order valence-corrected chi connectivity index (χ3v) is 7.10. The van der Waals surface area contributed by atoms with Gasteiger partial charge in [-0.25, -0.2) is 18.4 Å². The number of rotatable bonds is 7. The predicted octanol–water partition coefficient (Wildman–Crippen LogP) is 3.41. The summed E-state index contributed by atoms with van der Waals surface area (Å²) in [6, 6.07) is 6.78. The molecule has 1 amide bonds. The third-order valence-electron chi connectivity index (χ3n) is 4.86. The van der Waals surface area contributed by atoms with E-state index in [0.29, 0.717) is 11.3 Å². The minimum absolute atomic E-state index is 0.00156. The monoisotopic (exact) mass is 539 g/mol. The summed E-state index contributed by atoms with van der Waals surface area (Å²) in [6.45, 7) is 0. The molecule has 2 aromatic heterocycles. The molecule has 0 spiro atoms. The average molecular weight is 539 g/mol. The molecule has 2 aromatic carbocycles. The predicted molar refractivity (Wildman–Crippen MR) is 123 cm³/mol. The van der Waals surface area contributed by atoms with Crippen LogP contribution in [0.3, 0.4) is 0 Å². The van der Waals surface area contributed by atoms with Crippen LogP contribution in [-0.4, -0.2) is 49.8 Å². The topological polar surface area (TPSA) is 154 Å². The number of hydrogen-bond acceptors (Lipinski definition) is 10. The molecule has 0 bridgehead atoms. The Morgan fingerprint density at radius 2 is 1.86 bits per heavy atom. The van der Waals surface area contributed by atoms with Gasteiger partial charge in [-0.15, -0.1) is 20.1 Å². The number of carbonyl (C=O) groups excluding carboxylic acids is 1. The summed E-state index contributed by atoms with van der Waals surface area (Å²) in [7, 11) is -1.40. The minimum Gasteiger partial charge on any atom is -0.497 e. The van der Waals surface area contributed by atoms with Crippen molar-refractivity contribution in [3.05, 3.63) is 41.4 Å². The number of alkyl halides is 2. The molecule has 12 nitrogen and oxygen atoms in total. The number of aromatic nitrogens is 3. The molecule has 0 fully saturated rings. The molecule has 16 heteroatoms. The highest BCUT2D eigenvalue weighted by Crippen LogP contribution is 2.43. The fraction of sp³-hybridized carbons (Fsp3) is 0.150. The molecule has 36 heavy (non-hydrogen) atoms. The maximum absolute atomic E-state index is 13.2. The molecule has 0 aliphatic carbocycles. The van der Waals surface area contributed by atoms with Crippen LogP contribution in [0.1, 0.15) is 10.5 Å². The second kappa shape index (κ2) is 8.49. The SMILES string of the molecule is COc1ccc(OC)c(S(=O)(=O)Nc2nc(C(=O)Nc3nc4cc5c(cc4[nH]3)OC(F)(F)O5)cs2)c1. The van der Waals surface area contributed by atoms with E-state index in [2.05, 4.69) is 34.5 Å². The summed E-state index contributed by atoms with van der Waals surface area (Å²) < 4.78 is 73.5. The number of imidazole rings is 1. The Bertz CT molecular complexity index is 1560. The highest BCUT2D eigenvalue weighted by molar-refractivity contribution is 7.93. The number of sulfonamides is 1. The number of fused-ring (bicyclic) bond motifs is 2. The number of methoxy groups -OCH3 is 2. The number of carbonyl (C=O) groups is 1. The van der Waals surface area contributed by atoms with Crippen LogP contribution >= 0.6 is 11.3 Å². The fourth-order valence-electron chi connectivity index (χ4n) is 3.27. The van der Waals surface area contributed by atoms with Gasteiger partial charge in [-0.1, -0.05) is 0 Å². The van der Waals surface area contributed by atoms with Crippen molar-refractivity contribution in [2.45, 2.75) is 11.2 Å². The van der Waals surface area contributed by atoms with Crippen LogP contribution < -0.4 is 29.0 Å². The lowest BCUT2D eigenvalue weighted by molar-refractivity contribution is -0.286. The highest BCUT2D eigenvalue weighted by Gasteiger charge is 2.43. The number of nitrogens with one attached hydrogen (secondary N) is 3. The number of ether oxygens (including phenoxy) is 4. The zero-order valence-electron chi connectivity index (χ0n) is 18.3. The second-order valence-corrected chi connectivity index (χ2v) is 9.69. The maximum atomic E-state index is 13.2. The first kappa shape index (κ1) is 23.6. The van der Waals surface area contributed by atoms with E-state index < -0.39 is 22.2 Å². The van der Waals surface area contributed by atoms with E-state index in [1.165, 1.54) is 43.9 Å². The van der Waals surface area contributed by atoms with Crippen molar-refractivity contribution in [1.82, 2.24) is 15.0 Å². The van der Waals surface area contributed by atoms with Crippen molar-refractivity contribution < 1.29 is 40.9 Å². The molecule has 0 unspecified atom stereocenters. The van der Waals surface area contributed by atoms with E-state index in [-0.39, 0.29) is 44.4 Å². The Morgan fingerprint density at radius 1 is 1.11 bits per heavy atom. The molecule has 0 saturated heterocycles. The number of halogens is 2. The molecule has 1 aliphatic heterocycles. The van der Waals surface area contributed by atoms with Gasteiger partial charge in [0.05, 0.1) is 25.3 Å². The Balaban J connectivity index is 1.32. The number of nitrogens with zero attached hydrogens (tertiary/aromatic N) is 2. The maximum Gasteiger partial charge on any atom is 0.586 e. The number of aromatic amines is 1. The normalized spacial score (nSPS) is 14.0. The fourth-order valence-corrected chi connectivity index (χ4v) is 5.40. The number of benzene rings is 2. The molecule has 3 N–H and O–H groups in total. The van der Waals surface area contributed by atoms with Crippen molar-refractivity contribution >= 4 is 49.4 Å². The zero-order chi connectivity index (χ0) is 25.7. The smallest absolute Gasteiger partial charge is 0.497 e. The highest BCUT2D eigenvalue weighted by atomic mass is 32.2. The summed E-state index contributed by atoms with van der Waals surface area (Å²) in [6.07, 6.45) is -3.76. The van der Waals surface area contributed by atoms with Gasteiger partial charge in [-0.3, -0.25) is 14.8 Å². The quantitative estimate of drug-likeness (QED) is 0.321. The standard InChI is InChI=1S/C20H15F2N5O7S2/c1-31-9-3-4-13(32-2)16(5-9)36(29,30)27-19-25-12(8-35-19)17(28)26-18-23-10-6-14-15(7-11(10)24-18)34-20(21,22)33-14/h3-8H,1-2H3,(H,25,27)(H2,23,24,26,28). The van der Waals surface area contributed by atoms with Crippen molar-refractivity contribution in [2.75, 3.05) is 24.3 Å². The van der Waals surface area contributed by atoms with Crippen LogP contribution in [0, 0.1) is 0 Å². The van der Waals surface area contributed by atoms with Crippen molar-refractivity contribution in [3.8, 4) is 23.0 Å². The summed E-state index contributed by atoms with van der Waals surface area (Å²) in [5.74, 6) is -0.673. The lowest BCUT2D eigenvalue weighted by Gasteiger charge is -2.11. The van der Waals surface area contributed by atoms with E-state index in [9.17, 15) is 22.0 Å². The number of amides is 1. The van der Waals surface area contributed by atoms with Gasteiger partial charge in [0.2, 0.25) is 5.95 Å². The zero-order valence-corrected chi connectivity index (χ0v) is 19.9. The Hall–Kier alpha value is -4.18. The van der Waals surface area contributed by atoms with E-state index in [1.54, 1.807) is 6.07 Å². The first-order chi connectivity index (χ1) is 17.1. The summed E-state index contributed by atoms with van der Waals surface area (Å²) in [5.41, 5.74) is 0.457. The Kier molecular flexibility index (Phi) is 5.55. The van der Waals surface area contributed by atoms with Crippen LogP contribution in [0.4, 0.5) is 19.9 Å². The van der Waals surface area contributed by atoms with Crippen LogP contribution in [0.5, 0.6) is 23.0 Å². The van der Waals surface area contributed by atoms with Crippen molar-refractivity contribution in [1.29, 1.82) is 0 Å². The molecular formula is C20H15F2N5O7S2. The summed E-state index contributed by atoms with van der Waals surface area (Å²) >= 11 is 0.884. The van der Waals surface area contributed by atoms with E-state index in [1.807, 2.05) is 0 Å². The molecule has 0 saturated carbocycles. The Morgan fingerprint density at radius 3 is 2.58 bits per heavy atom. The molecule has 5 rings (SSSR count). The van der Waals surface area contributed by atoms with Gasteiger partial charge >= 0.3 is 6.29 Å². The minimum atomic E-state index is -4.13. The molecule has 4 aromatic rings. The first-order valence-electron chi connectivity index (χ1n) is 9.88. The van der Waals surface area contributed by atoms with Gasteiger partial charge in [-0.05, 0) is 12.1 Å². The van der Waals surface area contributed by atoms with Crippen molar-refractivity contribution in [2.24, 2.45) is 0 Å². The lowest BCUT2D eigenvalue weighted by Crippen LogP contribution is -2.25. The molecule has 0 radical (unpaired) electrons. The molecule has 3 heterocycles. The van der Waals surface area contributed by atoms with Gasteiger partial charge in [0.1, 0.15) is 22.1 Å². The largest absolute Gasteiger partial charge is 0.586 e. The number of anilines is 2. The molecule has 0 atom stereocenters. The summed E-state index contributed by atoms with van der Waals surface area (Å²) in [4.78, 5) is 23.3. The van der Waals surface area contributed by atoms with Crippen LogP contribution in [0.25, 0.3) is 11.0 Å². The molecule has 1 aliphatic rings.